The second kappa shape index (κ2) is 9.67. The number of benzene rings is 2. The molecular weight excluding hydrogens is 434 g/mol. The van der Waals surface area contributed by atoms with Gasteiger partial charge in [0.05, 0.1) is 21.3 Å². The molecule has 1 aliphatic rings. The van der Waals surface area contributed by atoms with E-state index in [0.717, 1.165) is 22.0 Å². The van der Waals surface area contributed by atoms with Gasteiger partial charge in [-0.1, -0.05) is 18.2 Å². The fourth-order valence-electron chi connectivity index (χ4n) is 4.68. The molecular formula is C26H31N3O5. The number of aromatic amines is 1. The minimum Gasteiger partial charge on any atom is -0.493 e. The topological polar surface area (TPSA) is 92.9 Å². The summed E-state index contributed by atoms with van der Waals surface area (Å²) in [7, 11) is 4.65. The number of amides is 2. The molecule has 180 valence electrons. The van der Waals surface area contributed by atoms with Gasteiger partial charge in [0.15, 0.2) is 11.5 Å². The lowest BCUT2D eigenvalue weighted by molar-refractivity contribution is -0.140. The molecule has 3 aromatic rings. The van der Waals surface area contributed by atoms with E-state index >= 15 is 0 Å². The standard InChI is InChI=1S/C26H31N3O5/c1-26(25(31)28-15-17-13-21(32-2)24(34-4)22(14-17)33-3)11-9-23(30)29(26)12-10-18-16-27-20-8-6-5-7-19(18)20/h5-8,13-14,16,27H,9-12,15H2,1-4H3,(H,28,31)/t26-/m1/s1. The summed E-state index contributed by atoms with van der Waals surface area (Å²) in [5.41, 5.74) is 2.11. The molecule has 2 heterocycles. The molecule has 2 N–H and O–H groups in total. The van der Waals surface area contributed by atoms with Crippen LogP contribution in [0.4, 0.5) is 0 Å². The van der Waals surface area contributed by atoms with E-state index in [-0.39, 0.29) is 18.4 Å². The zero-order valence-corrected chi connectivity index (χ0v) is 20.1. The Morgan fingerprint density at radius 3 is 2.50 bits per heavy atom. The van der Waals surface area contributed by atoms with Gasteiger partial charge < -0.3 is 29.4 Å². The van der Waals surface area contributed by atoms with E-state index < -0.39 is 5.54 Å². The Morgan fingerprint density at radius 2 is 1.82 bits per heavy atom. The van der Waals surface area contributed by atoms with Gasteiger partial charge in [0.1, 0.15) is 5.54 Å². The Hall–Kier alpha value is -3.68. The van der Waals surface area contributed by atoms with Crippen LogP contribution in [-0.4, -0.2) is 55.1 Å². The number of ether oxygens (including phenoxy) is 3. The zero-order valence-electron chi connectivity index (χ0n) is 20.1. The number of rotatable bonds is 9. The van der Waals surface area contributed by atoms with Gasteiger partial charge in [0.2, 0.25) is 17.6 Å². The van der Waals surface area contributed by atoms with Crippen molar-refractivity contribution in [2.24, 2.45) is 0 Å². The first-order valence-electron chi connectivity index (χ1n) is 11.3. The smallest absolute Gasteiger partial charge is 0.245 e. The molecule has 1 fully saturated rings. The summed E-state index contributed by atoms with van der Waals surface area (Å²) in [6.45, 7) is 2.60. The number of nitrogens with one attached hydrogen (secondary N) is 2. The fraction of sp³-hybridized carbons (Fsp3) is 0.385. The van der Waals surface area contributed by atoms with E-state index in [1.54, 1.807) is 38.4 Å². The largest absolute Gasteiger partial charge is 0.493 e. The van der Waals surface area contributed by atoms with Crippen molar-refractivity contribution in [1.82, 2.24) is 15.2 Å². The summed E-state index contributed by atoms with van der Waals surface area (Å²) in [5, 5.41) is 4.15. The third-order valence-electron chi connectivity index (χ3n) is 6.67. The first-order valence-corrected chi connectivity index (χ1v) is 11.3. The number of H-pyrrole nitrogens is 1. The summed E-state index contributed by atoms with van der Waals surface area (Å²) >= 11 is 0. The first kappa shape index (κ1) is 23.5. The molecule has 0 saturated carbocycles. The molecule has 0 unspecified atom stereocenters. The van der Waals surface area contributed by atoms with Gasteiger partial charge in [-0.05, 0) is 49.1 Å². The summed E-state index contributed by atoms with van der Waals surface area (Å²) in [6, 6.07) is 11.7. The molecule has 4 rings (SSSR count). The number of likely N-dealkylation sites (tertiary alicyclic amines) is 1. The molecule has 1 aliphatic heterocycles. The van der Waals surface area contributed by atoms with Crippen molar-refractivity contribution in [3.8, 4) is 17.2 Å². The van der Waals surface area contributed by atoms with Crippen molar-refractivity contribution in [1.29, 1.82) is 0 Å². The summed E-state index contributed by atoms with van der Waals surface area (Å²) in [6.07, 6.45) is 3.50. The van der Waals surface area contributed by atoms with Gasteiger partial charge in [-0.3, -0.25) is 9.59 Å². The Kier molecular flexibility index (Phi) is 6.68. The van der Waals surface area contributed by atoms with Gasteiger partial charge in [0, 0.05) is 36.6 Å². The van der Waals surface area contributed by atoms with Crippen LogP contribution in [0, 0.1) is 0 Å². The highest BCUT2D eigenvalue weighted by Crippen LogP contribution is 2.38. The number of para-hydroxylation sites is 1. The van der Waals surface area contributed by atoms with Crippen molar-refractivity contribution in [3.63, 3.8) is 0 Å². The van der Waals surface area contributed by atoms with E-state index in [4.69, 9.17) is 14.2 Å². The molecule has 2 amide bonds. The predicted octanol–water partition coefficient (Wildman–Crippen LogP) is 3.43. The molecule has 1 aromatic heterocycles. The van der Waals surface area contributed by atoms with Crippen molar-refractivity contribution < 1.29 is 23.8 Å². The highest BCUT2D eigenvalue weighted by molar-refractivity contribution is 5.94. The van der Waals surface area contributed by atoms with Crippen LogP contribution in [0.15, 0.2) is 42.6 Å². The lowest BCUT2D eigenvalue weighted by atomic mass is 9.97. The van der Waals surface area contributed by atoms with Crippen LogP contribution in [-0.2, 0) is 22.6 Å². The first-order chi connectivity index (χ1) is 16.4. The van der Waals surface area contributed by atoms with Crippen LogP contribution in [0.2, 0.25) is 0 Å². The van der Waals surface area contributed by atoms with Gasteiger partial charge in [-0.2, -0.15) is 0 Å². The molecule has 2 aromatic carbocycles. The molecule has 0 aliphatic carbocycles. The second-order valence-corrected chi connectivity index (χ2v) is 8.64. The van der Waals surface area contributed by atoms with Gasteiger partial charge in [-0.15, -0.1) is 0 Å². The van der Waals surface area contributed by atoms with Gasteiger partial charge in [0.25, 0.3) is 0 Å². The van der Waals surface area contributed by atoms with E-state index in [1.807, 2.05) is 31.3 Å². The molecule has 1 atom stereocenters. The molecule has 0 bridgehead atoms. The third kappa shape index (κ3) is 4.27. The Balaban J connectivity index is 1.46. The van der Waals surface area contributed by atoms with Crippen LogP contribution < -0.4 is 19.5 Å². The fourth-order valence-corrected chi connectivity index (χ4v) is 4.68. The number of hydrogen-bond acceptors (Lipinski definition) is 5. The van der Waals surface area contributed by atoms with Crippen LogP contribution in [0.5, 0.6) is 17.2 Å². The van der Waals surface area contributed by atoms with Gasteiger partial charge in [-0.25, -0.2) is 0 Å². The molecule has 0 radical (unpaired) electrons. The van der Waals surface area contributed by atoms with Gasteiger partial charge >= 0.3 is 0 Å². The van der Waals surface area contributed by atoms with E-state index in [0.29, 0.717) is 43.1 Å². The van der Waals surface area contributed by atoms with Crippen LogP contribution >= 0.6 is 0 Å². The highest BCUT2D eigenvalue weighted by Gasteiger charge is 2.46. The quantitative estimate of drug-likeness (QED) is 0.505. The maximum absolute atomic E-state index is 13.3. The Morgan fingerprint density at radius 1 is 1.12 bits per heavy atom. The number of carbonyl (C=O) groups is 2. The van der Waals surface area contributed by atoms with Crippen LogP contribution in [0.1, 0.15) is 30.9 Å². The minimum absolute atomic E-state index is 0.00489. The summed E-state index contributed by atoms with van der Waals surface area (Å²) in [4.78, 5) is 31.0. The zero-order chi connectivity index (χ0) is 24.3. The van der Waals surface area contributed by atoms with Crippen molar-refractivity contribution in [2.75, 3.05) is 27.9 Å². The lowest BCUT2D eigenvalue weighted by Gasteiger charge is -2.34. The number of carbonyl (C=O) groups excluding carboxylic acids is 2. The molecule has 8 nitrogen and oxygen atoms in total. The number of aromatic nitrogens is 1. The number of nitrogens with zero attached hydrogens (tertiary/aromatic N) is 1. The lowest BCUT2D eigenvalue weighted by Crippen LogP contribution is -2.54. The molecule has 34 heavy (non-hydrogen) atoms. The summed E-state index contributed by atoms with van der Waals surface area (Å²) < 4.78 is 16.2. The normalized spacial score (nSPS) is 17.8. The SMILES string of the molecule is COc1cc(CNC(=O)[C@@]2(C)CCC(=O)N2CCc2c[nH]c3ccccc23)cc(OC)c1OC. The molecule has 8 heteroatoms. The number of fused-ring (bicyclic) bond motifs is 1. The second-order valence-electron chi connectivity index (χ2n) is 8.64. The van der Waals surface area contributed by atoms with Crippen molar-refractivity contribution in [2.45, 2.75) is 38.3 Å². The van der Waals surface area contributed by atoms with Crippen LogP contribution in [0.25, 0.3) is 10.9 Å². The van der Waals surface area contributed by atoms with E-state index in [1.165, 1.54) is 0 Å². The van der Waals surface area contributed by atoms with E-state index in [9.17, 15) is 9.59 Å². The Labute approximate surface area is 199 Å². The molecule has 1 saturated heterocycles. The predicted molar refractivity (Wildman–Crippen MR) is 129 cm³/mol. The van der Waals surface area contributed by atoms with Crippen LogP contribution in [0.3, 0.4) is 0 Å². The maximum Gasteiger partial charge on any atom is 0.245 e. The minimum atomic E-state index is -0.899. The van der Waals surface area contributed by atoms with Crippen molar-refractivity contribution >= 4 is 22.7 Å². The average Bonchev–Trinajstić information content (AvgIpc) is 3.41. The molecule has 0 spiro atoms. The monoisotopic (exact) mass is 465 g/mol. The third-order valence-corrected chi connectivity index (χ3v) is 6.67. The maximum atomic E-state index is 13.3. The highest BCUT2D eigenvalue weighted by atomic mass is 16.5. The van der Waals surface area contributed by atoms with E-state index in [2.05, 4.69) is 16.4 Å². The average molecular weight is 466 g/mol. The number of methoxy groups -OCH3 is 3. The van der Waals surface area contributed by atoms with Crippen molar-refractivity contribution in [3.05, 3.63) is 53.7 Å². The Bertz CT molecular complexity index is 1180. The number of hydrogen-bond donors (Lipinski definition) is 2. The summed E-state index contributed by atoms with van der Waals surface area (Å²) in [5.74, 6) is 1.37.